The molecule has 0 bridgehead atoms. The van der Waals surface area contributed by atoms with Crippen molar-refractivity contribution in [3.05, 3.63) is 59.6 Å². The van der Waals surface area contributed by atoms with Gasteiger partial charge in [0.2, 0.25) is 0 Å². The first-order valence-electron chi connectivity index (χ1n) is 8.34. The van der Waals surface area contributed by atoms with Crippen LogP contribution in [0.15, 0.2) is 54.6 Å². The van der Waals surface area contributed by atoms with Crippen molar-refractivity contribution < 1.29 is 9.53 Å². The second kappa shape index (κ2) is 8.57. The number of amides is 2. The Kier molecular flexibility index (Phi) is 5.95. The highest BCUT2D eigenvalue weighted by Gasteiger charge is 2.21. The van der Waals surface area contributed by atoms with E-state index in [-0.39, 0.29) is 5.82 Å². The number of hydrogen-bond acceptors (Lipinski definition) is 4. The number of aromatic nitrogens is 2. The molecule has 3 rings (SSSR count). The van der Waals surface area contributed by atoms with E-state index in [9.17, 15) is 4.79 Å². The van der Waals surface area contributed by atoms with Crippen molar-refractivity contribution in [2.75, 3.05) is 31.3 Å². The number of methoxy groups -OCH3 is 1. The van der Waals surface area contributed by atoms with Crippen LogP contribution in [-0.4, -0.2) is 36.1 Å². The van der Waals surface area contributed by atoms with E-state index < -0.39 is 6.03 Å². The Hall–Kier alpha value is -3.03. The van der Waals surface area contributed by atoms with E-state index in [2.05, 4.69) is 15.7 Å². The molecular weight excluding hydrogens is 366 g/mol. The summed E-state index contributed by atoms with van der Waals surface area (Å²) in [5, 5.41) is 10.6. The molecule has 7 nitrogen and oxygen atoms in total. The molecule has 0 atom stereocenters. The number of nitrogens with one attached hydrogen (secondary N) is 2. The van der Waals surface area contributed by atoms with E-state index >= 15 is 0 Å². The summed E-state index contributed by atoms with van der Waals surface area (Å²) in [4.78, 5) is 12.2. The highest BCUT2D eigenvalue weighted by molar-refractivity contribution is 6.32. The predicted octanol–water partition coefficient (Wildman–Crippen LogP) is 3.54. The third kappa shape index (κ3) is 4.21. The number of nitrogen functional groups attached to an aromatic ring is 1. The molecule has 1 aromatic heterocycles. The maximum atomic E-state index is 12.2. The number of benzene rings is 2. The van der Waals surface area contributed by atoms with E-state index in [0.717, 1.165) is 5.56 Å². The van der Waals surface area contributed by atoms with E-state index in [1.165, 1.54) is 4.68 Å². The maximum absolute atomic E-state index is 12.2. The van der Waals surface area contributed by atoms with E-state index in [1.54, 1.807) is 13.2 Å². The van der Waals surface area contributed by atoms with Crippen LogP contribution in [0.5, 0.6) is 0 Å². The van der Waals surface area contributed by atoms with E-state index in [0.29, 0.717) is 35.2 Å². The third-order valence-corrected chi connectivity index (χ3v) is 4.20. The van der Waals surface area contributed by atoms with Crippen LogP contribution in [0.2, 0.25) is 5.02 Å². The van der Waals surface area contributed by atoms with Gasteiger partial charge in [-0.3, -0.25) is 0 Å². The average molecular weight is 386 g/mol. The number of nitrogens with zero attached hydrogens (tertiary/aromatic N) is 2. The number of urea groups is 1. The molecule has 3 aromatic rings. The largest absolute Gasteiger partial charge is 0.383 e. The van der Waals surface area contributed by atoms with Gasteiger partial charge in [0.05, 0.1) is 17.3 Å². The number of hydrogen-bond donors (Lipinski definition) is 3. The van der Waals surface area contributed by atoms with Crippen LogP contribution in [0.25, 0.3) is 16.9 Å². The SMILES string of the molecule is COCCNC(=O)Nc1c(-c2ccccc2)nn(-c2ccccc2Cl)c1N. The second-order valence-electron chi connectivity index (χ2n) is 5.71. The number of ether oxygens (including phenoxy) is 1. The van der Waals surface area contributed by atoms with Gasteiger partial charge < -0.3 is 21.1 Å². The average Bonchev–Trinajstić information content (AvgIpc) is 2.99. The van der Waals surface area contributed by atoms with Gasteiger partial charge in [-0.1, -0.05) is 54.1 Å². The molecule has 0 aliphatic rings. The van der Waals surface area contributed by atoms with Crippen LogP contribution in [-0.2, 0) is 4.74 Å². The molecule has 0 unspecified atom stereocenters. The molecule has 0 aliphatic heterocycles. The molecule has 0 saturated heterocycles. The predicted molar refractivity (Wildman–Crippen MR) is 107 cm³/mol. The van der Waals surface area contributed by atoms with Gasteiger partial charge in [0, 0.05) is 19.2 Å². The maximum Gasteiger partial charge on any atom is 0.319 e. The summed E-state index contributed by atoms with van der Waals surface area (Å²) in [5.74, 6) is 0.281. The van der Waals surface area contributed by atoms with Gasteiger partial charge in [-0.2, -0.15) is 5.10 Å². The van der Waals surface area contributed by atoms with Crippen LogP contribution >= 0.6 is 11.6 Å². The van der Waals surface area contributed by atoms with Crippen molar-refractivity contribution in [1.29, 1.82) is 0 Å². The highest BCUT2D eigenvalue weighted by Crippen LogP contribution is 2.35. The Bertz CT molecular complexity index is 927. The highest BCUT2D eigenvalue weighted by atomic mass is 35.5. The minimum Gasteiger partial charge on any atom is -0.383 e. The fourth-order valence-electron chi connectivity index (χ4n) is 2.58. The Balaban J connectivity index is 2.02. The molecule has 0 spiro atoms. The molecule has 140 valence electrons. The van der Waals surface area contributed by atoms with Gasteiger partial charge in [-0.15, -0.1) is 0 Å². The van der Waals surface area contributed by atoms with Crippen molar-refractivity contribution in [3.63, 3.8) is 0 Å². The molecule has 0 aliphatic carbocycles. The number of carbonyl (C=O) groups is 1. The van der Waals surface area contributed by atoms with Crippen molar-refractivity contribution in [2.24, 2.45) is 0 Å². The topological polar surface area (TPSA) is 94.2 Å². The quantitative estimate of drug-likeness (QED) is 0.565. The standard InChI is InChI=1S/C19H20ClN5O2/c1-27-12-11-22-19(26)23-17-16(13-7-3-2-4-8-13)24-25(18(17)21)15-10-6-5-9-14(15)20/h2-10H,11-12,21H2,1H3,(H2,22,23,26). The zero-order valence-electron chi connectivity index (χ0n) is 14.8. The van der Waals surface area contributed by atoms with E-state index in [1.807, 2.05) is 48.5 Å². The molecule has 0 saturated carbocycles. The van der Waals surface area contributed by atoms with Gasteiger partial charge >= 0.3 is 6.03 Å². The summed E-state index contributed by atoms with van der Waals surface area (Å²) in [5.41, 5.74) is 8.73. The summed E-state index contributed by atoms with van der Waals surface area (Å²) in [6.07, 6.45) is 0. The lowest BCUT2D eigenvalue weighted by Crippen LogP contribution is -2.31. The molecule has 2 aromatic carbocycles. The monoisotopic (exact) mass is 385 g/mol. The zero-order valence-corrected chi connectivity index (χ0v) is 15.5. The summed E-state index contributed by atoms with van der Waals surface area (Å²) >= 11 is 6.30. The number of halogens is 1. The molecule has 1 heterocycles. The molecular formula is C19H20ClN5O2. The minimum atomic E-state index is -0.394. The zero-order chi connectivity index (χ0) is 19.2. The lowest BCUT2D eigenvalue weighted by Gasteiger charge is -2.09. The van der Waals surface area contributed by atoms with Crippen LogP contribution < -0.4 is 16.4 Å². The first-order chi connectivity index (χ1) is 13.1. The third-order valence-electron chi connectivity index (χ3n) is 3.88. The van der Waals surface area contributed by atoms with Gasteiger partial charge in [0.25, 0.3) is 0 Å². The lowest BCUT2D eigenvalue weighted by atomic mass is 10.1. The van der Waals surface area contributed by atoms with Crippen molar-refractivity contribution in [1.82, 2.24) is 15.1 Å². The Morgan fingerprint density at radius 1 is 1.19 bits per heavy atom. The van der Waals surface area contributed by atoms with Crippen LogP contribution in [0.1, 0.15) is 0 Å². The number of rotatable bonds is 6. The first-order valence-corrected chi connectivity index (χ1v) is 8.72. The first kappa shape index (κ1) is 18.8. The summed E-state index contributed by atoms with van der Waals surface area (Å²) < 4.78 is 6.46. The molecule has 2 amide bonds. The number of nitrogens with two attached hydrogens (primary N) is 1. The van der Waals surface area contributed by atoms with Crippen molar-refractivity contribution in [2.45, 2.75) is 0 Å². The molecule has 27 heavy (non-hydrogen) atoms. The van der Waals surface area contributed by atoms with E-state index in [4.69, 9.17) is 22.1 Å². The number of anilines is 2. The second-order valence-corrected chi connectivity index (χ2v) is 6.12. The van der Waals surface area contributed by atoms with Gasteiger partial charge in [0.1, 0.15) is 11.4 Å². The van der Waals surface area contributed by atoms with Gasteiger partial charge in [-0.05, 0) is 12.1 Å². The lowest BCUT2D eigenvalue weighted by molar-refractivity contribution is 0.198. The minimum absolute atomic E-state index is 0.281. The van der Waals surface area contributed by atoms with Gasteiger partial charge in [0.15, 0.2) is 5.82 Å². The van der Waals surface area contributed by atoms with Crippen LogP contribution in [0.3, 0.4) is 0 Å². The molecule has 0 fully saturated rings. The number of carbonyl (C=O) groups excluding carboxylic acids is 1. The fourth-order valence-corrected chi connectivity index (χ4v) is 2.80. The summed E-state index contributed by atoms with van der Waals surface area (Å²) in [7, 11) is 1.57. The molecule has 8 heteroatoms. The smallest absolute Gasteiger partial charge is 0.319 e. The fraction of sp³-hybridized carbons (Fsp3) is 0.158. The van der Waals surface area contributed by atoms with Crippen molar-refractivity contribution >= 4 is 29.1 Å². The van der Waals surface area contributed by atoms with Gasteiger partial charge in [-0.25, -0.2) is 9.48 Å². The Labute approximate surface area is 162 Å². The normalized spacial score (nSPS) is 10.6. The van der Waals surface area contributed by atoms with Crippen molar-refractivity contribution in [3.8, 4) is 16.9 Å². The Morgan fingerprint density at radius 3 is 2.59 bits per heavy atom. The summed E-state index contributed by atoms with van der Waals surface area (Å²) in [6, 6.07) is 16.3. The molecule has 4 N–H and O–H groups in total. The Morgan fingerprint density at radius 2 is 1.89 bits per heavy atom. The number of para-hydroxylation sites is 1. The summed E-state index contributed by atoms with van der Waals surface area (Å²) in [6.45, 7) is 0.787. The van der Waals surface area contributed by atoms with Crippen LogP contribution in [0.4, 0.5) is 16.3 Å². The van der Waals surface area contributed by atoms with Crippen LogP contribution in [0, 0.1) is 0 Å². The molecule has 0 radical (unpaired) electrons.